The third-order valence-electron chi connectivity index (χ3n) is 2.82. The van der Waals surface area contributed by atoms with Gasteiger partial charge in [-0.25, -0.2) is 0 Å². The van der Waals surface area contributed by atoms with Gasteiger partial charge in [0.15, 0.2) is 0 Å². The molecule has 0 bridgehead atoms. The van der Waals surface area contributed by atoms with Gasteiger partial charge in [-0.3, -0.25) is 0 Å². The Morgan fingerprint density at radius 1 is 0.895 bits per heavy atom. The van der Waals surface area contributed by atoms with Gasteiger partial charge >= 0.3 is 0 Å². The molecule has 2 aromatic carbocycles. The van der Waals surface area contributed by atoms with Gasteiger partial charge < -0.3 is 5.32 Å². The zero-order chi connectivity index (χ0) is 13.7. The van der Waals surface area contributed by atoms with Crippen molar-refractivity contribution in [1.82, 2.24) is 5.32 Å². The van der Waals surface area contributed by atoms with Gasteiger partial charge in [0.1, 0.15) is 0 Å². The average molecular weight is 292 g/mol. The van der Waals surface area contributed by atoms with Crippen LogP contribution in [0.1, 0.15) is 11.1 Å². The van der Waals surface area contributed by atoms with E-state index in [1.807, 2.05) is 55.6 Å². The highest BCUT2D eigenvalue weighted by molar-refractivity contribution is 6.31. The molecule has 0 aliphatic rings. The van der Waals surface area contributed by atoms with Gasteiger partial charge in [0.25, 0.3) is 0 Å². The lowest BCUT2D eigenvalue weighted by molar-refractivity contribution is 0.920. The summed E-state index contributed by atoms with van der Waals surface area (Å²) in [5.41, 5.74) is 3.45. The molecular weight excluding hydrogens is 277 g/mol. The predicted octanol–water partition coefficient (Wildman–Crippen LogP) is 4.64. The molecule has 0 spiro atoms. The fourth-order valence-electron chi connectivity index (χ4n) is 1.87. The molecule has 1 N–H and O–H groups in total. The Kier molecular flexibility index (Phi) is 5.03. The SMILES string of the molecule is CNCC=C(c1ccc(Cl)cc1)c1ccc(Cl)cc1. The topological polar surface area (TPSA) is 12.0 Å². The first kappa shape index (κ1) is 14.1. The highest BCUT2D eigenvalue weighted by Crippen LogP contribution is 2.25. The molecule has 2 rings (SSSR count). The molecule has 0 fully saturated rings. The summed E-state index contributed by atoms with van der Waals surface area (Å²) >= 11 is 11.9. The predicted molar refractivity (Wildman–Crippen MR) is 83.9 cm³/mol. The summed E-state index contributed by atoms with van der Waals surface area (Å²) in [6.45, 7) is 0.806. The number of nitrogens with one attached hydrogen (secondary N) is 1. The van der Waals surface area contributed by atoms with Crippen LogP contribution in [0.25, 0.3) is 5.57 Å². The van der Waals surface area contributed by atoms with E-state index in [4.69, 9.17) is 23.2 Å². The molecule has 0 radical (unpaired) electrons. The van der Waals surface area contributed by atoms with Gasteiger partial charge in [-0.05, 0) is 48.0 Å². The number of hydrogen-bond acceptors (Lipinski definition) is 1. The van der Waals surface area contributed by atoms with E-state index in [9.17, 15) is 0 Å². The molecule has 0 saturated carbocycles. The summed E-state index contributed by atoms with van der Waals surface area (Å²) in [4.78, 5) is 0. The zero-order valence-electron chi connectivity index (χ0n) is 10.7. The standard InChI is InChI=1S/C16H15Cl2N/c1-19-11-10-16(12-2-6-14(17)7-3-12)13-4-8-15(18)9-5-13/h2-10,19H,11H2,1H3. The van der Waals surface area contributed by atoms with Crippen molar-refractivity contribution in [2.75, 3.05) is 13.6 Å². The normalized spacial score (nSPS) is 10.3. The zero-order valence-corrected chi connectivity index (χ0v) is 12.2. The molecule has 0 saturated heterocycles. The van der Waals surface area contributed by atoms with E-state index in [1.165, 1.54) is 5.57 Å². The van der Waals surface area contributed by atoms with Crippen LogP contribution in [-0.2, 0) is 0 Å². The van der Waals surface area contributed by atoms with E-state index < -0.39 is 0 Å². The quantitative estimate of drug-likeness (QED) is 0.865. The fraction of sp³-hybridized carbons (Fsp3) is 0.125. The van der Waals surface area contributed by atoms with Gasteiger partial charge in [0, 0.05) is 16.6 Å². The maximum Gasteiger partial charge on any atom is 0.0406 e. The molecule has 2 aromatic rings. The molecular formula is C16H15Cl2N. The summed E-state index contributed by atoms with van der Waals surface area (Å²) in [6.07, 6.45) is 2.16. The van der Waals surface area contributed by atoms with E-state index >= 15 is 0 Å². The second-order valence-corrected chi connectivity index (χ2v) is 5.06. The Morgan fingerprint density at radius 3 is 1.68 bits per heavy atom. The van der Waals surface area contributed by atoms with Crippen molar-refractivity contribution in [2.24, 2.45) is 0 Å². The lowest BCUT2D eigenvalue weighted by Gasteiger charge is -2.09. The summed E-state index contributed by atoms with van der Waals surface area (Å²) < 4.78 is 0. The molecule has 1 nitrogen and oxygen atoms in total. The minimum atomic E-state index is 0.743. The average Bonchev–Trinajstić information content (AvgIpc) is 2.43. The van der Waals surface area contributed by atoms with E-state index in [2.05, 4.69) is 11.4 Å². The molecule has 0 atom stereocenters. The highest BCUT2D eigenvalue weighted by atomic mass is 35.5. The van der Waals surface area contributed by atoms with E-state index in [-0.39, 0.29) is 0 Å². The number of halogens is 2. The molecule has 0 heterocycles. The second kappa shape index (κ2) is 6.76. The van der Waals surface area contributed by atoms with Crippen LogP contribution < -0.4 is 5.32 Å². The second-order valence-electron chi connectivity index (χ2n) is 4.19. The van der Waals surface area contributed by atoms with Crippen molar-refractivity contribution in [2.45, 2.75) is 0 Å². The summed E-state index contributed by atoms with van der Waals surface area (Å²) in [7, 11) is 1.93. The van der Waals surface area contributed by atoms with Crippen molar-refractivity contribution < 1.29 is 0 Å². The van der Waals surface area contributed by atoms with Crippen LogP contribution in [0.3, 0.4) is 0 Å². The van der Waals surface area contributed by atoms with Crippen LogP contribution >= 0.6 is 23.2 Å². The third-order valence-corrected chi connectivity index (χ3v) is 3.32. The molecule has 0 aromatic heterocycles. The smallest absolute Gasteiger partial charge is 0.0406 e. The van der Waals surface area contributed by atoms with Gasteiger partial charge in [0.2, 0.25) is 0 Å². The van der Waals surface area contributed by atoms with Gasteiger partial charge in [0.05, 0.1) is 0 Å². The van der Waals surface area contributed by atoms with Crippen LogP contribution in [-0.4, -0.2) is 13.6 Å². The summed E-state index contributed by atoms with van der Waals surface area (Å²) in [5.74, 6) is 0. The Labute approximate surface area is 123 Å². The van der Waals surface area contributed by atoms with Crippen LogP contribution in [0.4, 0.5) is 0 Å². The summed E-state index contributed by atoms with van der Waals surface area (Å²) in [6, 6.07) is 15.7. The van der Waals surface area contributed by atoms with E-state index in [0.717, 1.165) is 27.7 Å². The Bertz CT molecular complexity index is 509. The van der Waals surface area contributed by atoms with Crippen LogP contribution in [0.2, 0.25) is 10.0 Å². The third kappa shape index (κ3) is 3.84. The first-order valence-corrected chi connectivity index (χ1v) is 6.83. The van der Waals surface area contributed by atoms with Crippen molar-refractivity contribution in [3.8, 4) is 0 Å². The maximum atomic E-state index is 5.94. The highest BCUT2D eigenvalue weighted by Gasteiger charge is 2.04. The van der Waals surface area contributed by atoms with E-state index in [0.29, 0.717) is 0 Å². The van der Waals surface area contributed by atoms with Gasteiger partial charge in [-0.15, -0.1) is 0 Å². The largest absolute Gasteiger partial charge is 0.316 e. The molecule has 0 aliphatic carbocycles. The van der Waals surface area contributed by atoms with Gasteiger partial charge in [-0.2, -0.15) is 0 Å². The Hall–Kier alpha value is -1.28. The minimum Gasteiger partial charge on any atom is -0.316 e. The van der Waals surface area contributed by atoms with Crippen molar-refractivity contribution >= 4 is 28.8 Å². The number of benzene rings is 2. The van der Waals surface area contributed by atoms with E-state index in [1.54, 1.807) is 0 Å². The lowest BCUT2D eigenvalue weighted by Crippen LogP contribution is -2.05. The maximum absolute atomic E-state index is 5.94. The number of likely N-dealkylation sites (N-methyl/N-ethyl adjacent to an activating group) is 1. The molecule has 0 aliphatic heterocycles. The molecule has 0 unspecified atom stereocenters. The van der Waals surface area contributed by atoms with Crippen molar-refractivity contribution in [1.29, 1.82) is 0 Å². The van der Waals surface area contributed by atoms with Crippen LogP contribution in [0.5, 0.6) is 0 Å². The number of hydrogen-bond donors (Lipinski definition) is 1. The van der Waals surface area contributed by atoms with Crippen molar-refractivity contribution in [3.63, 3.8) is 0 Å². The number of rotatable bonds is 4. The lowest BCUT2D eigenvalue weighted by atomic mass is 9.97. The van der Waals surface area contributed by atoms with Crippen molar-refractivity contribution in [3.05, 3.63) is 75.8 Å². The Morgan fingerprint density at radius 2 is 1.32 bits per heavy atom. The molecule has 19 heavy (non-hydrogen) atoms. The Balaban J connectivity index is 2.41. The van der Waals surface area contributed by atoms with Crippen LogP contribution in [0.15, 0.2) is 54.6 Å². The molecule has 98 valence electrons. The first-order chi connectivity index (χ1) is 9.20. The fourth-order valence-corrected chi connectivity index (χ4v) is 2.12. The monoisotopic (exact) mass is 291 g/mol. The molecule has 0 amide bonds. The first-order valence-electron chi connectivity index (χ1n) is 6.07. The summed E-state index contributed by atoms with van der Waals surface area (Å²) in [5, 5.41) is 4.62. The van der Waals surface area contributed by atoms with Gasteiger partial charge in [-0.1, -0.05) is 53.5 Å². The molecule has 3 heteroatoms. The minimum absolute atomic E-state index is 0.743. The van der Waals surface area contributed by atoms with Crippen LogP contribution in [0, 0.1) is 0 Å².